The molecule has 2 N–H and O–H groups in total. The van der Waals surface area contributed by atoms with Crippen LogP contribution in [0.2, 0.25) is 0 Å². The van der Waals surface area contributed by atoms with Crippen LogP contribution in [0.4, 0.5) is 5.69 Å². The van der Waals surface area contributed by atoms with Gasteiger partial charge in [-0.3, -0.25) is 0 Å². The van der Waals surface area contributed by atoms with E-state index in [4.69, 9.17) is 14.6 Å². The molecule has 1 aliphatic rings. The Bertz CT molecular complexity index is 3360. The van der Waals surface area contributed by atoms with Crippen molar-refractivity contribution in [3.05, 3.63) is 167 Å². The van der Waals surface area contributed by atoms with E-state index in [1.165, 1.54) is 49.2 Å². The van der Waals surface area contributed by atoms with Crippen LogP contribution in [0.3, 0.4) is 0 Å². The Morgan fingerprint density at radius 3 is 1.85 bits per heavy atom. The van der Waals surface area contributed by atoms with Crippen molar-refractivity contribution in [1.82, 2.24) is 0 Å². The molecule has 0 atom stereocenters. The summed E-state index contributed by atoms with van der Waals surface area (Å²) in [5.41, 5.74) is 18.0. The molecule has 11 rings (SSSR count). The number of aryl methyl sites for hydroxylation is 3. The van der Waals surface area contributed by atoms with E-state index in [0.29, 0.717) is 5.69 Å². The van der Waals surface area contributed by atoms with E-state index in [1.54, 1.807) is 0 Å². The second-order valence-corrected chi connectivity index (χ2v) is 14.5. The highest BCUT2D eigenvalue weighted by Gasteiger charge is 2.19. The average Bonchev–Trinajstić information content (AvgIpc) is 3.77. The van der Waals surface area contributed by atoms with Gasteiger partial charge in [0, 0.05) is 26.9 Å². The van der Waals surface area contributed by atoms with Gasteiger partial charge >= 0.3 is 0 Å². The van der Waals surface area contributed by atoms with Crippen LogP contribution in [0, 0.1) is 13.8 Å². The third-order valence-electron chi connectivity index (χ3n) is 11.8. The third-order valence-corrected chi connectivity index (χ3v) is 11.8. The number of benzene rings is 7. The lowest BCUT2D eigenvalue weighted by atomic mass is 9.87. The lowest BCUT2D eigenvalue weighted by Gasteiger charge is -2.17. The fourth-order valence-corrected chi connectivity index (χ4v) is 9.31. The van der Waals surface area contributed by atoms with Crippen LogP contribution < -0.4 is 11.0 Å². The predicted molar refractivity (Wildman–Crippen MR) is 224 cm³/mol. The second kappa shape index (κ2) is 11.2. The van der Waals surface area contributed by atoms with Gasteiger partial charge in [-0.05, 0) is 128 Å². The van der Waals surface area contributed by atoms with Gasteiger partial charge in [0.1, 0.15) is 22.3 Å². The molecule has 3 nitrogen and oxygen atoms in total. The Hall–Kier alpha value is -6.58. The van der Waals surface area contributed by atoms with E-state index in [9.17, 15) is 0 Å². The van der Waals surface area contributed by atoms with Crippen LogP contribution >= 0.6 is 0 Å². The first-order valence-corrected chi connectivity index (χ1v) is 18.4. The Morgan fingerprint density at radius 1 is 0.415 bits per heavy atom. The SMILES string of the molecule is Cc1c2cccc1c1cccc3oc4ccc(c(N)c4c31)c1ccc3oc4ccccc4c3c1c1cccc(c1C)c1cc2CCC=1c1ccccc1. The maximum atomic E-state index is 7.42. The number of rotatable bonds is 1. The summed E-state index contributed by atoms with van der Waals surface area (Å²) in [5.74, 6) is 0. The number of nitrogens with two attached hydrogens (primary N) is 1. The number of para-hydroxylation sites is 1. The quantitative estimate of drug-likeness (QED) is 0.175. The van der Waals surface area contributed by atoms with Crippen molar-refractivity contribution in [2.24, 2.45) is 0 Å². The molecule has 2 heterocycles. The van der Waals surface area contributed by atoms with Gasteiger partial charge in [-0.25, -0.2) is 0 Å². The maximum Gasteiger partial charge on any atom is 0.137 e. The number of fused-ring (bicyclic) bond motifs is 17. The first-order valence-electron chi connectivity index (χ1n) is 18.4. The Morgan fingerprint density at radius 2 is 0.981 bits per heavy atom. The molecule has 0 radical (unpaired) electrons. The van der Waals surface area contributed by atoms with Crippen LogP contribution in [-0.4, -0.2) is 0 Å². The van der Waals surface area contributed by atoms with Crippen LogP contribution in [0.1, 0.15) is 28.7 Å². The van der Waals surface area contributed by atoms with Crippen LogP contribution in [0.5, 0.6) is 0 Å². The van der Waals surface area contributed by atoms with Gasteiger partial charge in [-0.15, -0.1) is 0 Å². The molecule has 2 aromatic heterocycles. The molecular weight excluding hydrogens is 647 g/mol. The summed E-state index contributed by atoms with van der Waals surface area (Å²) in [6.45, 7) is 4.55. The van der Waals surface area contributed by atoms with Gasteiger partial charge in [-0.2, -0.15) is 0 Å². The molecule has 8 aromatic carbocycles. The molecule has 252 valence electrons. The zero-order valence-electron chi connectivity index (χ0n) is 29.6. The fourth-order valence-electron chi connectivity index (χ4n) is 9.31. The monoisotopic (exact) mass is 681 g/mol. The van der Waals surface area contributed by atoms with E-state index in [-0.39, 0.29) is 0 Å². The van der Waals surface area contributed by atoms with E-state index in [0.717, 1.165) is 83.6 Å². The molecule has 0 aliphatic heterocycles. The van der Waals surface area contributed by atoms with Crippen molar-refractivity contribution < 1.29 is 8.83 Å². The van der Waals surface area contributed by atoms with E-state index < -0.39 is 0 Å². The van der Waals surface area contributed by atoms with Crippen molar-refractivity contribution in [1.29, 1.82) is 0 Å². The van der Waals surface area contributed by atoms with Gasteiger partial charge < -0.3 is 14.6 Å². The normalized spacial score (nSPS) is 13.0. The molecule has 0 amide bonds. The van der Waals surface area contributed by atoms with Crippen molar-refractivity contribution in [2.45, 2.75) is 26.7 Å². The van der Waals surface area contributed by atoms with Crippen molar-refractivity contribution >= 4 is 98.2 Å². The first-order chi connectivity index (χ1) is 26.0. The maximum absolute atomic E-state index is 7.42. The molecule has 0 fully saturated rings. The number of anilines is 1. The third kappa shape index (κ3) is 4.28. The minimum Gasteiger partial charge on any atom is -0.456 e. The van der Waals surface area contributed by atoms with Crippen LogP contribution in [0.15, 0.2) is 148 Å². The molecule has 0 spiro atoms. The topological polar surface area (TPSA) is 52.3 Å². The summed E-state index contributed by atoms with van der Waals surface area (Å²) in [6.07, 6.45) is 1.90. The fraction of sp³-hybridized carbons (Fsp3) is 0.0800. The van der Waals surface area contributed by atoms with Crippen molar-refractivity contribution in [2.75, 3.05) is 5.73 Å². The Labute approximate surface area is 305 Å². The molecular formula is C50H35NO2. The average molecular weight is 682 g/mol. The molecule has 10 aromatic rings. The Kier molecular flexibility index (Phi) is 6.36. The van der Waals surface area contributed by atoms with Crippen LogP contribution in [0.25, 0.3) is 92.5 Å². The second-order valence-electron chi connectivity index (χ2n) is 14.5. The van der Waals surface area contributed by atoms with E-state index in [1.807, 2.05) is 6.07 Å². The molecule has 0 saturated carbocycles. The highest BCUT2D eigenvalue weighted by atomic mass is 16.3. The number of furan rings is 2. The van der Waals surface area contributed by atoms with Crippen molar-refractivity contribution in [3.63, 3.8) is 0 Å². The predicted octanol–water partition coefficient (Wildman–Crippen LogP) is 12.8. The lowest BCUT2D eigenvalue weighted by Crippen LogP contribution is -2.14. The van der Waals surface area contributed by atoms with Gasteiger partial charge in [0.05, 0.1) is 11.1 Å². The lowest BCUT2D eigenvalue weighted by molar-refractivity contribution is 0.669. The molecule has 53 heavy (non-hydrogen) atoms. The number of hydrogen-bond acceptors (Lipinski definition) is 3. The minimum atomic E-state index is 0.713. The summed E-state index contributed by atoms with van der Waals surface area (Å²) in [5, 5.41) is 14.6. The van der Waals surface area contributed by atoms with E-state index in [2.05, 4.69) is 147 Å². The largest absolute Gasteiger partial charge is 0.456 e. The molecule has 1 aliphatic carbocycles. The van der Waals surface area contributed by atoms with Crippen LogP contribution in [-0.2, 0) is 6.42 Å². The van der Waals surface area contributed by atoms with Gasteiger partial charge in [0.25, 0.3) is 0 Å². The van der Waals surface area contributed by atoms with Gasteiger partial charge in [0.15, 0.2) is 0 Å². The highest BCUT2D eigenvalue weighted by molar-refractivity contribution is 6.31. The molecule has 8 bridgehead atoms. The molecule has 0 unspecified atom stereocenters. The highest BCUT2D eigenvalue weighted by Crippen LogP contribution is 2.44. The summed E-state index contributed by atoms with van der Waals surface area (Å²) < 4.78 is 13.1. The summed E-state index contributed by atoms with van der Waals surface area (Å²) in [6, 6.07) is 50.2. The van der Waals surface area contributed by atoms with Gasteiger partial charge in [0.2, 0.25) is 0 Å². The smallest absolute Gasteiger partial charge is 0.137 e. The summed E-state index contributed by atoms with van der Waals surface area (Å²) in [4.78, 5) is 0. The standard InChI is InChI=1S/C50H35NO2/c1-28-32-14-8-15-33(28)37-18-10-20-43-47(37)49-45(53-43)26-24-39(50(49)51)38-23-25-44-48(40-13-6-7-19-42(40)52-44)46(38)35-17-9-16-34(29(35)2)41-27-31(32)21-22-36(41)30-11-4-3-5-12-30/h3-20,23-27H,21-22,51H2,1-2H3. The zero-order chi connectivity index (χ0) is 35.4. The van der Waals surface area contributed by atoms with Crippen molar-refractivity contribution in [3.8, 4) is 0 Å². The number of nitrogen functional groups attached to an aromatic ring is 1. The van der Waals surface area contributed by atoms with E-state index >= 15 is 0 Å². The number of hydrogen-bond donors (Lipinski definition) is 1. The summed E-state index contributed by atoms with van der Waals surface area (Å²) in [7, 11) is 0. The first kappa shape index (κ1) is 30.1. The molecule has 0 saturated heterocycles. The summed E-state index contributed by atoms with van der Waals surface area (Å²) >= 11 is 0. The molecule has 3 heteroatoms. The van der Waals surface area contributed by atoms with Gasteiger partial charge in [-0.1, -0.05) is 103 Å². The minimum absolute atomic E-state index is 0.713. The Balaban J connectivity index is 1.50. The zero-order valence-corrected chi connectivity index (χ0v) is 29.6.